The molecule has 2 aromatic rings. The van der Waals surface area contributed by atoms with Crippen molar-refractivity contribution >= 4 is 5.91 Å². The molecule has 1 amide bonds. The fourth-order valence-corrected chi connectivity index (χ4v) is 2.26. The molecule has 124 valence electrons. The third kappa shape index (κ3) is 5.43. The lowest BCUT2D eigenvalue weighted by molar-refractivity contribution is 0.0946. The molecular formula is C18H25N3O2. The molecule has 0 aliphatic heterocycles. The van der Waals surface area contributed by atoms with Crippen molar-refractivity contribution in [2.45, 2.75) is 40.2 Å². The van der Waals surface area contributed by atoms with E-state index in [-0.39, 0.29) is 5.91 Å². The van der Waals surface area contributed by atoms with Crippen LogP contribution in [0, 0.1) is 5.92 Å². The van der Waals surface area contributed by atoms with Gasteiger partial charge in [-0.3, -0.25) is 9.89 Å². The summed E-state index contributed by atoms with van der Waals surface area (Å²) in [6, 6.07) is 9.59. The summed E-state index contributed by atoms with van der Waals surface area (Å²) in [5, 5.41) is 9.88. The van der Waals surface area contributed by atoms with Gasteiger partial charge in [0.2, 0.25) is 0 Å². The zero-order valence-corrected chi connectivity index (χ0v) is 14.1. The number of hydrogen-bond acceptors (Lipinski definition) is 3. The van der Waals surface area contributed by atoms with E-state index >= 15 is 0 Å². The topological polar surface area (TPSA) is 67.0 Å². The molecule has 0 aliphatic rings. The van der Waals surface area contributed by atoms with Crippen LogP contribution in [-0.4, -0.2) is 22.7 Å². The van der Waals surface area contributed by atoms with Gasteiger partial charge in [-0.1, -0.05) is 32.9 Å². The van der Waals surface area contributed by atoms with E-state index in [2.05, 4.69) is 36.3 Å². The molecule has 2 N–H and O–H groups in total. The molecule has 0 saturated heterocycles. The fourth-order valence-electron chi connectivity index (χ4n) is 2.26. The third-order valence-electron chi connectivity index (χ3n) is 3.32. The van der Waals surface area contributed by atoms with Crippen LogP contribution in [0.25, 0.3) is 0 Å². The van der Waals surface area contributed by atoms with Crippen LogP contribution in [0.4, 0.5) is 0 Å². The number of amides is 1. The van der Waals surface area contributed by atoms with E-state index in [4.69, 9.17) is 4.74 Å². The number of carbonyl (C=O) groups is 1. The number of carbonyl (C=O) groups excluding carboxylic acids is 1. The molecule has 0 radical (unpaired) electrons. The van der Waals surface area contributed by atoms with Crippen molar-refractivity contribution in [3.8, 4) is 5.75 Å². The second-order valence-corrected chi connectivity index (χ2v) is 6.05. The smallest absolute Gasteiger partial charge is 0.272 e. The van der Waals surface area contributed by atoms with Crippen molar-refractivity contribution in [3.63, 3.8) is 0 Å². The Morgan fingerprint density at radius 2 is 2.17 bits per heavy atom. The molecule has 0 atom stereocenters. The van der Waals surface area contributed by atoms with Crippen LogP contribution in [0.3, 0.4) is 0 Å². The normalized spacial score (nSPS) is 10.8. The van der Waals surface area contributed by atoms with E-state index in [1.165, 1.54) is 0 Å². The molecule has 0 bridgehead atoms. The lowest BCUT2D eigenvalue weighted by Gasteiger charge is -2.07. The minimum absolute atomic E-state index is 0.170. The van der Waals surface area contributed by atoms with Crippen molar-refractivity contribution < 1.29 is 9.53 Å². The fraction of sp³-hybridized carbons (Fsp3) is 0.444. The first-order chi connectivity index (χ1) is 11.1. The first-order valence-electron chi connectivity index (χ1n) is 8.12. The SMILES string of the molecule is CCCOc1cccc(CNC(=O)c2cc(CC(C)C)[nH]n2)c1. The van der Waals surface area contributed by atoms with Crippen molar-refractivity contribution in [2.24, 2.45) is 5.92 Å². The summed E-state index contributed by atoms with van der Waals surface area (Å²) in [6.45, 7) is 7.49. The predicted molar refractivity (Wildman–Crippen MR) is 90.5 cm³/mol. The highest BCUT2D eigenvalue weighted by Gasteiger charge is 2.11. The average molecular weight is 315 g/mol. The highest BCUT2D eigenvalue weighted by atomic mass is 16.5. The van der Waals surface area contributed by atoms with E-state index in [0.717, 1.165) is 29.8 Å². The number of rotatable bonds is 8. The molecule has 2 rings (SSSR count). The number of aromatic nitrogens is 2. The van der Waals surface area contributed by atoms with Crippen LogP contribution in [0.5, 0.6) is 5.75 Å². The molecule has 1 aromatic carbocycles. The maximum absolute atomic E-state index is 12.1. The highest BCUT2D eigenvalue weighted by molar-refractivity contribution is 5.92. The summed E-state index contributed by atoms with van der Waals surface area (Å²) in [4.78, 5) is 12.1. The summed E-state index contributed by atoms with van der Waals surface area (Å²) in [7, 11) is 0. The van der Waals surface area contributed by atoms with Crippen molar-refractivity contribution in [1.82, 2.24) is 15.5 Å². The minimum atomic E-state index is -0.170. The summed E-state index contributed by atoms with van der Waals surface area (Å²) in [6.07, 6.45) is 1.86. The van der Waals surface area contributed by atoms with E-state index in [1.54, 1.807) is 0 Å². The number of aromatic amines is 1. The molecule has 1 aromatic heterocycles. The highest BCUT2D eigenvalue weighted by Crippen LogP contribution is 2.14. The van der Waals surface area contributed by atoms with Gasteiger partial charge in [0.05, 0.1) is 6.61 Å². The summed E-state index contributed by atoms with van der Waals surface area (Å²) < 4.78 is 5.60. The van der Waals surface area contributed by atoms with Gasteiger partial charge in [0.1, 0.15) is 11.4 Å². The van der Waals surface area contributed by atoms with Gasteiger partial charge in [0.15, 0.2) is 0 Å². The van der Waals surface area contributed by atoms with Crippen molar-refractivity contribution in [3.05, 3.63) is 47.3 Å². The second kappa shape index (κ2) is 8.36. The number of H-pyrrole nitrogens is 1. The number of benzene rings is 1. The maximum atomic E-state index is 12.1. The van der Waals surface area contributed by atoms with Gasteiger partial charge >= 0.3 is 0 Å². The van der Waals surface area contributed by atoms with E-state index in [1.807, 2.05) is 30.3 Å². The molecule has 1 heterocycles. The number of ether oxygens (including phenoxy) is 1. The van der Waals surface area contributed by atoms with E-state index in [0.29, 0.717) is 24.8 Å². The number of hydrogen-bond donors (Lipinski definition) is 2. The molecule has 0 saturated carbocycles. The Balaban J connectivity index is 1.90. The van der Waals surface area contributed by atoms with Gasteiger partial charge < -0.3 is 10.1 Å². The molecule has 0 aliphatic carbocycles. The monoisotopic (exact) mass is 315 g/mol. The van der Waals surface area contributed by atoms with Gasteiger partial charge in [-0.15, -0.1) is 0 Å². The van der Waals surface area contributed by atoms with Crippen molar-refractivity contribution in [2.75, 3.05) is 6.61 Å². The summed E-state index contributed by atoms with van der Waals surface area (Å²) in [5.74, 6) is 1.19. The molecule has 5 heteroatoms. The zero-order chi connectivity index (χ0) is 16.7. The summed E-state index contributed by atoms with van der Waals surface area (Å²) >= 11 is 0. The molecule has 0 spiro atoms. The molecule has 23 heavy (non-hydrogen) atoms. The molecule has 0 unspecified atom stereocenters. The van der Waals surface area contributed by atoms with Crippen LogP contribution in [0.2, 0.25) is 0 Å². The van der Waals surface area contributed by atoms with Crippen LogP contribution in [0.1, 0.15) is 48.9 Å². The Hall–Kier alpha value is -2.30. The Labute approximate surface area is 137 Å². The lowest BCUT2D eigenvalue weighted by atomic mass is 10.1. The lowest BCUT2D eigenvalue weighted by Crippen LogP contribution is -2.23. The third-order valence-corrected chi connectivity index (χ3v) is 3.32. The standard InChI is InChI=1S/C18H25N3O2/c1-4-8-23-16-7-5-6-14(10-16)12-19-18(22)17-11-15(20-21-17)9-13(2)3/h5-7,10-11,13H,4,8-9,12H2,1-3H3,(H,19,22)(H,20,21). The first-order valence-corrected chi connectivity index (χ1v) is 8.12. The number of nitrogens with zero attached hydrogens (tertiary/aromatic N) is 1. The van der Waals surface area contributed by atoms with Gasteiger partial charge in [-0.05, 0) is 42.5 Å². The molecule has 5 nitrogen and oxygen atoms in total. The van der Waals surface area contributed by atoms with Crippen molar-refractivity contribution in [1.29, 1.82) is 0 Å². The van der Waals surface area contributed by atoms with Crippen LogP contribution in [0.15, 0.2) is 30.3 Å². The van der Waals surface area contributed by atoms with Gasteiger partial charge in [0, 0.05) is 12.2 Å². The van der Waals surface area contributed by atoms with Gasteiger partial charge in [-0.2, -0.15) is 5.10 Å². The Kier molecular flexibility index (Phi) is 6.20. The predicted octanol–water partition coefficient (Wildman–Crippen LogP) is 3.33. The first kappa shape index (κ1) is 17.1. The Bertz CT molecular complexity index is 635. The van der Waals surface area contributed by atoms with E-state index < -0.39 is 0 Å². The van der Waals surface area contributed by atoms with Crippen LogP contribution >= 0.6 is 0 Å². The zero-order valence-electron chi connectivity index (χ0n) is 14.1. The molecular weight excluding hydrogens is 290 g/mol. The van der Waals surface area contributed by atoms with Gasteiger partial charge in [-0.25, -0.2) is 0 Å². The van der Waals surface area contributed by atoms with Crippen LogP contribution < -0.4 is 10.1 Å². The molecule has 0 fully saturated rings. The van der Waals surface area contributed by atoms with Gasteiger partial charge in [0.25, 0.3) is 5.91 Å². The Morgan fingerprint density at radius 3 is 2.91 bits per heavy atom. The second-order valence-electron chi connectivity index (χ2n) is 6.05. The maximum Gasteiger partial charge on any atom is 0.272 e. The number of nitrogens with one attached hydrogen (secondary N) is 2. The minimum Gasteiger partial charge on any atom is -0.494 e. The van der Waals surface area contributed by atoms with E-state index in [9.17, 15) is 4.79 Å². The van der Waals surface area contributed by atoms with Crippen LogP contribution in [-0.2, 0) is 13.0 Å². The Morgan fingerprint density at radius 1 is 1.35 bits per heavy atom. The average Bonchev–Trinajstić information content (AvgIpc) is 2.99. The summed E-state index contributed by atoms with van der Waals surface area (Å²) in [5.41, 5.74) is 2.42. The largest absolute Gasteiger partial charge is 0.494 e. The quantitative estimate of drug-likeness (QED) is 0.785.